The Bertz CT molecular complexity index is 865. The van der Waals surface area contributed by atoms with Gasteiger partial charge in [-0.1, -0.05) is 12.2 Å². The smallest absolute Gasteiger partial charge is 0.309 e. The average molecular weight is 455 g/mol. The highest BCUT2D eigenvalue weighted by atomic mass is 32.1. The van der Waals surface area contributed by atoms with Crippen LogP contribution in [0.2, 0.25) is 0 Å². The second kappa shape index (κ2) is 10.2. The van der Waals surface area contributed by atoms with Crippen LogP contribution in [0.25, 0.3) is 0 Å². The number of allylic oxidation sites excluding steroid dienone is 2. The van der Waals surface area contributed by atoms with Gasteiger partial charge in [-0.15, -0.1) is 0 Å². The number of carbonyl (C=O) groups excluding carboxylic acids is 1. The van der Waals surface area contributed by atoms with Gasteiger partial charge >= 0.3 is 5.97 Å². The molecule has 2 fully saturated rings. The standard InChI is InChI=1S/C25H34N4O2S/c30-24(31-15-9-19-5-11-26-12-6-19)21-7-13-28(14-8-21)25-27-22-3-1-2-4-23(22)29(25)17-20-10-16-32-18-20/h1-2,4,10,16,18-19,21-22,26H,3,5-9,11-15,17H2. The summed E-state index contributed by atoms with van der Waals surface area (Å²) in [5.74, 6) is 1.80. The van der Waals surface area contributed by atoms with Gasteiger partial charge in [0.2, 0.25) is 5.96 Å². The summed E-state index contributed by atoms with van der Waals surface area (Å²) in [6.07, 6.45) is 12.6. The Kier molecular flexibility index (Phi) is 6.93. The van der Waals surface area contributed by atoms with Crippen molar-refractivity contribution in [2.24, 2.45) is 16.8 Å². The lowest BCUT2D eigenvalue weighted by molar-refractivity contribution is -0.150. The lowest BCUT2D eigenvalue weighted by Crippen LogP contribution is -2.46. The molecule has 172 valence electrons. The van der Waals surface area contributed by atoms with Crippen LogP contribution in [-0.4, -0.2) is 60.6 Å². The molecule has 0 amide bonds. The van der Waals surface area contributed by atoms with Crippen LogP contribution in [0.4, 0.5) is 0 Å². The molecule has 0 spiro atoms. The maximum absolute atomic E-state index is 12.6. The first kappa shape index (κ1) is 21.7. The highest BCUT2D eigenvalue weighted by Gasteiger charge is 2.36. The number of esters is 1. The van der Waals surface area contributed by atoms with Crippen molar-refractivity contribution < 1.29 is 9.53 Å². The van der Waals surface area contributed by atoms with E-state index in [2.05, 4.69) is 50.2 Å². The second-order valence-corrected chi connectivity index (χ2v) is 10.1. The van der Waals surface area contributed by atoms with Crippen LogP contribution in [-0.2, 0) is 16.1 Å². The van der Waals surface area contributed by atoms with Crippen LogP contribution in [0.3, 0.4) is 0 Å². The molecule has 1 aromatic rings. The minimum atomic E-state index is 0.00246. The molecule has 4 aliphatic rings. The number of fused-ring (bicyclic) bond motifs is 1. The summed E-state index contributed by atoms with van der Waals surface area (Å²) in [7, 11) is 0. The summed E-state index contributed by atoms with van der Waals surface area (Å²) < 4.78 is 5.68. The fourth-order valence-corrected chi connectivity index (χ4v) is 5.89. The van der Waals surface area contributed by atoms with Crippen molar-refractivity contribution in [3.63, 3.8) is 0 Å². The van der Waals surface area contributed by atoms with Gasteiger partial charge < -0.3 is 19.9 Å². The quantitative estimate of drug-likeness (QED) is 0.663. The number of rotatable bonds is 6. The van der Waals surface area contributed by atoms with E-state index in [-0.39, 0.29) is 17.9 Å². The highest BCUT2D eigenvalue weighted by Crippen LogP contribution is 2.32. The number of guanidine groups is 1. The van der Waals surface area contributed by atoms with Gasteiger partial charge in [0.05, 0.1) is 25.1 Å². The summed E-state index contributed by atoms with van der Waals surface area (Å²) in [6, 6.07) is 2.42. The number of ether oxygens (including phenoxy) is 1. The zero-order chi connectivity index (χ0) is 21.8. The first-order chi connectivity index (χ1) is 15.8. The van der Waals surface area contributed by atoms with Gasteiger partial charge in [-0.2, -0.15) is 11.3 Å². The summed E-state index contributed by atoms with van der Waals surface area (Å²) in [5, 5.41) is 7.75. The molecule has 0 aromatic carbocycles. The Morgan fingerprint density at radius 1 is 1.22 bits per heavy atom. The number of nitrogens with zero attached hydrogens (tertiary/aromatic N) is 3. The largest absolute Gasteiger partial charge is 0.465 e. The topological polar surface area (TPSA) is 57.2 Å². The fourth-order valence-electron chi connectivity index (χ4n) is 5.23. The fraction of sp³-hybridized carbons (Fsp3) is 0.600. The van der Waals surface area contributed by atoms with E-state index >= 15 is 0 Å². The number of hydrogen-bond donors (Lipinski definition) is 1. The molecule has 1 unspecified atom stereocenters. The zero-order valence-corrected chi connectivity index (χ0v) is 19.6. The predicted molar refractivity (Wildman–Crippen MR) is 128 cm³/mol. The Morgan fingerprint density at radius 2 is 2.06 bits per heavy atom. The van der Waals surface area contributed by atoms with Crippen LogP contribution >= 0.6 is 11.3 Å². The van der Waals surface area contributed by atoms with Gasteiger partial charge in [0.25, 0.3) is 0 Å². The van der Waals surface area contributed by atoms with Crippen molar-refractivity contribution in [1.82, 2.24) is 15.1 Å². The SMILES string of the molecule is O=C(OCCC1CCNCC1)C1CCN(C2=NC3CC=CC=C3N2Cc2ccsc2)CC1. The molecule has 32 heavy (non-hydrogen) atoms. The van der Waals surface area contributed by atoms with Crippen molar-refractivity contribution in [3.8, 4) is 0 Å². The molecule has 5 rings (SSSR count). The molecule has 1 N–H and O–H groups in total. The van der Waals surface area contributed by atoms with Crippen LogP contribution in [0, 0.1) is 11.8 Å². The Labute approximate surface area is 195 Å². The molecule has 4 heterocycles. The molecular weight excluding hydrogens is 420 g/mol. The second-order valence-electron chi connectivity index (χ2n) is 9.33. The van der Waals surface area contributed by atoms with Gasteiger partial charge in [-0.3, -0.25) is 4.79 Å². The first-order valence-electron chi connectivity index (χ1n) is 12.1. The molecule has 0 saturated carbocycles. The molecule has 1 aromatic heterocycles. The number of piperidine rings is 2. The van der Waals surface area contributed by atoms with Gasteiger partial charge in [0.1, 0.15) is 0 Å². The summed E-state index contributed by atoms with van der Waals surface area (Å²) in [6.45, 7) is 5.35. The van der Waals surface area contributed by atoms with E-state index in [1.54, 1.807) is 11.3 Å². The van der Waals surface area contributed by atoms with Crippen molar-refractivity contribution >= 4 is 23.3 Å². The lowest BCUT2D eigenvalue weighted by Gasteiger charge is -2.36. The number of thiophene rings is 1. The predicted octanol–water partition coefficient (Wildman–Crippen LogP) is 3.78. The van der Waals surface area contributed by atoms with E-state index < -0.39 is 0 Å². The molecule has 1 atom stereocenters. The maximum Gasteiger partial charge on any atom is 0.309 e. The summed E-state index contributed by atoms with van der Waals surface area (Å²) in [4.78, 5) is 22.5. The number of nitrogens with one attached hydrogen (secondary N) is 1. The number of likely N-dealkylation sites (tertiary alicyclic amines) is 1. The van der Waals surface area contributed by atoms with Crippen molar-refractivity contribution in [2.45, 2.75) is 51.1 Å². The van der Waals surface area contributed by atoms with E-state index in [9.17, 15) is 4.79 Å². The molecule has 1 aliphatic carbocycles. The Hall–Kier alpha value is -2.12. The zero-order valence-electron chi connectivity index (χ0n) is 18.7. The van der Waals surface area contributed by atoms with Crippen LogP contribution < -0.4 is 5.32 Å². The molecule has 7 heteroatoms. The van der Waals surface area contributed by atoms with Gasteiger partial charge in [-0.05, 0) is 86.0 Å². The third-order valence-corrected chi connectivity index (χ3v) is 7.92. The maximum atomic E-state index is 12.6. The third-order valence-electron chi connectivity index (χ3n) is 7.19. The molecule has 3 aliphatic heterocycles. The van der Waals surface area contributed by atoms with Gasteiger partial charge in [0, 0.05) is 18.8 Å². The van der Waals surface area contributed by atoms with Gasteiger partial charge in [0.15, 0.2) is 0 Å². The minimum Gasteiger partial charge on any atom is -0.465 e. The molecule has 2 saturated heterocycles. The highest BCUT2D eigenvalue weighted by molar-refractivity contribution is 7.07. The van der Waals surface area contributed by atoms with Crippen LogP contribution in [0.1, 0.15) is 44.1 Å². The van der Waals surface area contributed by atoms with E-state index in [1.165, 1.54) is 24.1 Å². The Balaban J connectivity index is 1.14. The third kappa shape index (κ3) is 4.94. The van der Waals surface area contributed by atoms with Crippen molar-refractivity contribution in [3.05, 3.63) is 46.3 Å². The van der Waals surface area contributed by atoms with E-state index in [1.807, 2.05) is 0 Å². The number of hydrogen-bond acceptors (Lipinski definition) is 7. The number of carbonyl (C=O) groups is 1. The molecule has 6 nitrogen and oxygen atoms in total. The average Bonchev–Trinajstić information content (AvgIpc) is 3.48. The lowest BCUT2D eigenvalue weighted by atomic mass is 9.95. The normalized spacial score (nSPS) is 24.3. The van der Waals surface area contributed by atoms with Crippen molar-refractivity contribution in [1.29, 1.82) is 0 Å². The van der Waals surface area contributed by atoms with E-state index in [0.717, 1.165) is 64.4 Å². The molecule has 0 bridgehead atoms. The van der Waals surface area contributed by atoms with Crippen LogP contribution in [0.5, 0.6) is 0 Å². The monoisotopic (exact) mass is 454 g/mol. The molecular formula is C25H34N4O2S. The van der Waals surface area contributed by atoms with Gasteiger partial charge in [-0.25, -0.2) is 4.99 Å². The summed E-state index contributed by atoms with van der Waals surface area (Å²) >= 11 is 1.74. The van der Waals surface area contributed by atoms with E-state index in [4.69, 9.17) is 9.73 Å². The minimum absolute atomic E-state index is 0.00246. The first-order valence-corrected chi connectivity index (χ1v) is 13.1. The number of aliphatic imine (C=N–C) groups is 1. The van der Waals surface area contributed by atoms with E-state index in [0.29, 0.717) is 12.5 Å². The Morgan fingerprint density at radius 3 is 2.84 bits per heavy atom. The summed E-state index contributed by atoms with van der Waals surface area (Å²) in [5.41, 5.74) is 2.62. The van der Waals surface area contributed by atoms with Crippen LogP contribution in [0.15, 0.2) is 45.7 Å². The molecule has 0 radical (unpaired) electrons. The van der Waals surface area contributed by atoms with Crippen molar-refractivity contribution in [2.75, 3.05) is 32.8 Å².